The number of hydrazone groups is 1. The zero-order valence-electron chi connectivity index (χ0n) is 19.5. The predicted octanol–water partition coefficient (Wildman–Crippen LogP) is 6.41. The molecule has 0 saturated carbocycles. The third kappa shape index (κ3) is 5.15. The van der Waals surface area contributed by atoms with Gasteiger partial charge in [-0.15, -0.1) is 0 Å². The van der Waals surface area contributed by atoms with Crippen LogP contribution in [0.3, 0.4) is 0 Å². The summed E-state index contributed by atoms with van der Waals surface area (Å²) in [4.78, 5) is 24.2. The minimum absolute atomic E-state index is 0.0166. The first-order valence-corrected chi connectivity index (χ1v) is 11.3. The summed E-state index contributed by atoms with van der Waals surface area (Å²) < 4.78 is 58.0. The summed E-state index contributed by atoms with van der Waals surface area (Å²) in [6, 6.07) is 17.5. The monoisotopic (exact) mass is 533 g/mol. The largest absolute Gasteiger partial charge is 0.434 e. The van der Waals surface area contributed by atoms with Gasteiger partial charge in [-0.3, -0.25) is 9.59 Å². The number of nitrogens with one attached hydrogen (secondary N) is 1. The smallest absolute Gasteiger partial charge is 0.387 e. The number of carbonyl (C=O) groups excluding carboxylic acids is 2. The molecule has 1 aliphatic rings. The molecule has 4 rings (SSSR count). The Kier molecular flexibility index (Phi) is 6.96. The Balaban J connectivity index is 1.65. The quantitative estimate of drug-likeness (QED) is 0.217. The highest BCUT2D eigenvalue weighted by Crippen LogP contribution is 2.38. The number of alkyl halides is 5. The molecule has 1 N–H and O–H groups in total. The molecule has 0 fully saturated rings. The van der Waals surface area contributed by atoms with Gasteiger partial charge in [0, 0.05) is 23.7 Å². The number of hydrogen-bond donors (Lipinski definition) is 1. The lowest BCUT2D eigenvalue weighted by Gasteiger charge is -2.22. The first-order chi connectivity index (χ1) is 17.4. The van der Waals surface area contributed by atoms with Crippen molar-refractivity contribution in [2.24, 2.45) is 5.10 Å². The van der Waals surface area contributed by atoms with Gasteiger partial charge in [0.1, 0.15) is 5.75 Å². The summed E-state index contributed by atoms with van der Waals surface area (Å²) in [7, 11) is 0. The number of benzene rings is 3. The lowest BCUT2D eigenvalue weighted by Crippen LogP contribution is -2.50. The molecule has 0 aliphatic carbocycles. The van der Waals surface area contributed by atoms with Gasteiger partial charge in [-0.1, -0.05) is 54.1 Å². The van der Waals surface area contributed by atoms with Crippen LogP contribution in [0.1, 0.15) is 19.4 Å². The van der Waals surface area contributed by atoms with E-state index in [-0.39, 0.29) is 34.0 Å². The Morgan fingerprint density at radius 3 is 2.43 bits per heavy atom. The summed E-state index contributed by atoms with van der Waals surface area (Å²) in [5, 5.41) is 7.42. The molecule has 1 unspecified atom stereocenters. The third-order valence-corrected chi connectivity index (χ3v) is 6.29. The van der Waals surface area contributed by atoms with Crippen molar-refractivity contribution in [2.75, 3.05) is 10.3 Å². The van der Waals surface area contributed by atoms with Crippen LogP contribution in [-0.4, -0.2) is 29.0 Å². The van der Waals surface area contributed by atoms with Crippen LogP contribution >= 0.6 is 11.6 Å². The molecule has 37 heavy (non-hydrogen) atoms. The van der Waals surface area contributed by atoms with Crippen LogP contribution in [0.4, 0.5) is 28.9 Å². The summed E-state index contributed by atoms with van der Waals surface area (Å²) in [6.07, 6.45) is 0. The number of nitrogens with zero attached hydrogens (tertiary/aromatic N) is 2. The van der Waals surface area contributed by atoms with Crippen LogP contribution < -0.4 is 15.1 Å². The van der Waals surface area contributed by atoms with Gasteiger partial charge in [-0.2, -0.15) is 18.9 Å². The molecule has 0 radical (unpaired) electrons. The summed E-state index contributed by atoms with van der Waals surface area (Å²) in [5.74, 6) is -5.18. The van der Waals surface area contributed by atoms with E-state index >= 15 is 0 Å². The molecular formula is C26H20ClF4N3O3. The van der Waals surface area contributed by atoms with Gasteiger partial charge >= 0.3 is 6.61 Å². The molecule has 3 aromatic rings. The fourth-order valence-corrected chi connectivity index (χ4v) is 3.95. The van der Waals surface area contributed by atoms with E-state index in [0.717, 1.165) is 11.1 Å². The zero-order valence-corrected chi connectivity index (χ0v) is 20.3. The highest BCUT2D eigenvalue weighted by atomic mass is 35.5. The lowest BCUT2D eigenvalue weighted by molar-refractivity contribution is -0.126. The average molecular weight is 534 g/mol. The molecule has 11 heteroatoms. The maximum Gasteiger partial charge on any atom is 0.387 e. The van der Waals surface area contributed by atoms with Crippen molar-refractivity contribution < 1.29 is 31.9 Å². The van der Waals surface area contributed by atoms with E-state index in [9.17, 15) is 27.2 Å². The van der Waals surface area contributed by atoms with Crippen LogP contribution in [0, 0.1) is 0 Å². The number of anilines is 2. The van der Waals surface area contributed by atoms with Crippen LogP contribution in [0.25, 0.3) is 11.1 Å². The van der Waals surface area contributed by atoms with E-state index < -0.39 is 29.2 Å². The van der Waals surface area contributed by atoms with Gasteiger partial charge < -0.3 is 10.1 Å². The molecular weight excluding hydrogens is 514 g/mol. The molecule has 0 bridgehead atoms. The standard InChI is InChI=1S/C26H20ClF4N3O3/c1-15-26(27,22(35)32-18-10-6-9-17(13-18)25(2,30)31)23(36)34(33-15)19-11-12-21(37-24(28)29)20(14-19)16-7-4-3-5-8-16/h3-14,24H,1-2H3,(H,32,35). The Morgan fingerprint density at radius 1 is 1.08 bits per heavy atom. The molecule has 0 aromatic heterocycles. The molecule has 3 aromatic carbocycles. The highest BCUT2D eigenvalue weighted by molar-refractivity contribution is 6.61. The molecule has 6 nitrogen and oxygen atoms in total. The maximum atomic E-state index is 13.7. The number of carbonyl (C=O) groups is 2. The van der Waals surface area contributed by atoms with Crippen molar-refractivity contribution in [1.82, 2.24) is 0 Å². The van der Waals surface area contributed by atoms with E-state index in [1.54, 1.807) is 30.3 Å². The molecule has 1 aliphatic heterocycles. The Labute approximate surface area is 214 Å². The molecule has 1 atom stereocenters. The maximum absolute atomic E-state index is 13.7. The van der Waals surface area contributed by atoms with E-state index in [1.165, 1.54) is 43.3 Å². The van der Waals surface area contributed by atoms with Gasteiger partial charge in [0.25, 0.3) is 17.7 Å². The van der Waals surface area contributed by atoms with Gasteiger partial charge in [0.2, 0.25) is 4.87 Å². The molecule has 1 heterocycles. The van der Waals surface area contributed by atoms with Crippen molar-refractivity contribution in [3.63, 3.8) is 0 Å². The molecule has 192 valence electrons. The number of ether oxygens (including phenoxy) is 1. The minimum Gasteiger partial charge on any atom is -0.434 e. The molecule has 2 amide bonds. The van der Waals surface area contributed by atoms with E-state index in [1.807, 2.05) is 0 Å². The van der Waals surface area contributed by atoms with E-state index in [2.05, 4.69) is 15.2 Å². The van der Waals surface area contributed by atoms with Gasteiger partial charge in [0.15, 0.2) is 0 Å². The van der Waals surface area contributed by atoms with Crippen LogP contribution in [0.15, 0.2) is 77.9 Å². The van der Waals surface area contributed by atoms with Crippen LogP contribution in [0.5, 0.6) is 5.75 Å². The van der Waals surface area contributed by atoms with Gasteiger partial charge in [-0.05, 0) is 42.8 Å². The highest BCUT2D eigenvalue weighted by Gasteiger charge is 2.54. The predicted molar refractivity (Wildman–Crippen MR) is 132 cm³/mol. The average Bonchev–Trinajstić information content (AvgIpc) is 3.09. The SMILES string of the molecule is CC1=NN(c2ccc(OC(F)F)c(-c3ccccc3)c2)C(=O)C1(Cl)C(=O)Nc1cccc(C(C)(F)F)c1. The van der Waals surface area contributed by atoms with Crippen LogP contribution in [-0.2, 0) is 15.5 Å². The Morgan fingerprint density at radius 2 is 1.78 bits per heavy atom. The summed E-state index contributed by atoms with van der Waals surface area (Å²) >= 11 is 6.50. The Hall–Kier alpha value is -3.92. The second-order valence-electron chi connectivity index (χ2n) is 8.31. The van der Waals surface area contributed by atoms with Crippen molar-refractivity contribution >= 4 is 40.5 Å². The normalized spacial score (nSPS) is 17.7. The summed E-state index contributed by atoms with van der Waals surface area (Å²) in [6.45, 7) is -0.992. The fourth-order valence-electron chi connectivity index (χ4n) is 3.78. The number of hydrogen-bond acceptors (Lipinski definition) is 4. The second kappa shape index (κ2) is 9.85. The van der Waals surface area contributed by atoms with Gasteiger partial charge in [0.05, 0.1) is 11.4 Å². The third-order valence-electron chi connectivity index (χ3n) is 5.68. The van der Waals surface area contributed by atoms with Crippen molar-refractivity contribution in [1.29, 1.82) is 0 Å². The lowest BCUT2D eigenvalue weighted by atomic mass is 10.0. The van der Waals surface area contributed by atoms with Gasteiger partial charge in [-0.25, -0.2) is 8.78 Å². The number of halogens is 5. The van der Waals surface area contributed by atoms with Crippen LogP contribution in [0.2, 0.25) is 0 Å². The molecule has 0 saturated heterocycles. The van der Waals surface area contributed by atoms with Crippen molar-refractivity contribution in [3.05, 3.63) is 78.4 Å². The van der Waals surface area contributed by atoms with E-state index in [0.29, 0.717) is 12.5 Å². The fraction of sp³-hybridized carbons (Fsp3) is 0.192. The first-order valence-electron chi connectivity index (χ1n) is 10.9. The summed E-state index contributed by atoms with van der Waals surface area (Å²) in [5.41, 5.74) is 0.555. The van der Waals surface area contributed by atoms with Crippen molar-refractivity contribution in [2.45, 2.75) is 31.3 Å². The van der Waals surface area contributed by atoms with Crippen molar-refractivity contribution in [3.8, 4) is 16.9 Å². The Bertz CT molecular complexity index is 1380. The topological polar surface area (TPSA) is 71.0 Å². The first kappa shape index (κ1) is 26.2. The number of rotatable bonds is 7. The second-order valence-corrected chi connectivity index (χ2v) is 8.88. The molecule has 0 spiro atoms. The zero-order chi connectivity index (χ0) is 27.0. The van der Waals surface area contributed by atoms with E-state index in [4.69, 9.17) is 11.6 Å². The number of amides is 2. The minimum atomic E-state index is -3.15.